The summed E-state index contributed by atoms with van der Waals surface area (Å²) in [5.41, 5.74) is 0. The summed E-state index contributed by atoms with van der Waals surface area (Å²) < 4.78 is 6.24. The van der Waals surface area contributed by atoms with Gasteiger partial charge in [-0.2, -0.15) is 0 Å². The van der Waals surface area contributed by atoms with Gasteiger partial charge in [-0.15, -0.1) is 11.3 Å². The van der Waals surface area contributed by atoms with Crippen molar-refractivity contribution >= 4 is 33.0 Å². The van der Waals surface area contributed by atoms with E-state index in [9.17, 15) is 0 Å². The summed E-state index contributed by atoms with van der Waals surface area (Å²) in [6, 6.07) is 10.0. The molecule has 0 bridgehead atoms. The van der Waals surface area contributed by atoms with Gasteiger partial charge in [0, 0.05) is 27.6 Å². The number of nitrogens with zero attached hydrogens (tertiary/aromatic N) is 1. The monoisotopic (exact) mass is 278 g/mol. The molecule has 3 aromatic rings. The molecule has 0 fully saturated rings. The molecule has 2 aromatic heterocycles. The van der Waals surface area contributed by atoms with Crippen LogP contribution in [0.4, 0.5) is 0 Å². The highest BCUT2D eigenvalue weighted by atomic mass is 35.5. The topological polar surface area (TPSA) is 38.1 Å². The Morgan fingerprint density at radius 1 is 1.22 bits per heavy atom. The normalized spacial score (nSPS) is 11.2. The first-order valence-corrected chi connectivity index (χ1v) is 6.80. The number of benzene rings is 1. The molecular formula is C13H11ClN2OS. The van der Waals surface area contributed by atoms with E-state index < -0.39 is 0 Å². The van der Waals surface area contributed by atoms with Crippen LogP contribution in [-0.4, -0.2) is 5.16 Å². The number of nitrogens with one attached hydrogen (secondary N) is 1. The lowest BCUT2D eigenvalue weighted by atomic mass is 10.2. The quantitative estimate of drug-likeness (QED) is 0.788. The van der Waals surface area contributed by atoms with Crippen molar-refractivity contribution < 1.29 is 4.52 Å². The van der Waals surface area contributed by atoms with Gasteiger partial charge in [-0.05, 0) is 6.07 Å². The molecule has 0 aliphatic rings. The van der Waals surface area contributed by atoms with Crippen molar-refractivity contribution in [3.63, 3.8) is 0 Å². The smallest absolute Gasteiger partial charge is 0.150 e. The number of fused-ring (bicyclic) bond motifs is 1. The molecule has 0 radical (unpaired) electrons. The molecule has 2 heterocycles. The molecular weight excluding hydrogens is 268 g/mol. The zero-order chi connectivity index (χ0) is 12.4. The number of hydrogen-bond acceptors (Lipinski definition) is 4. The average Bonchev–Trinajstić information content (AvgIpc) is 3.00. The lowest BCUT2D eigenvalue weighted by Crippen LogP contribution is -2.11. The number of aromatic nitrogens is 1. The molecule has 5 heteroatoms. The maximum Gasteiger partial charge on any atom is 0.150 e. The minimum atomic E-state index is 0.657. The predicted octanol–water partition coefficient (Wildman–Crippen LogP) is 3.83. The Morgan fingerprint density at radius 2 is 2.11 bits per heavy atom. The second-order valence-corrected chi connectivity index (χ2v) is 5.43. The fourth-order valence-electron chi connectivity index (χ4n) is 1.81. The summed E-state index contributed by atoms with van der Waals surface area (Å²) in [4.78, 5) is 1.15. The lowest BCUT2D eigenvalue weighted by molar-refractivity contribution is 0.373. The van der Waals surface area contributed by atoms with Crippen molar-refractivity contribution in [3.8, 4) is 0 Å². The molecule has 3 nitrogen and oxygen atoms in total. The van der Waals surface area contributed by atoms with Crippen LogP contribution in [0.25, 0.3) is 10.1 Å². The van der Waals surface area contributed by atoms with E-state index in [1.165, 1.54) is 4.70 Å². The second-order valence-electron chi connectivity index (χ2n) is 3.92. The van der Waals surface area contributed by atoms with E-state index in [2.05, 4.69) is 16.5 Å². The highest BCUT2D eigenvalue weighted by Crippen LogP contribution is 2.34. The number of halogens is 1. The molecule has 18 heavy (non-hydrogen) atoms. The average molecular weight is 279 g/mol. The molecule has 0 spiro atoms. The predicted molar refractivity (Wildman–Crippen MR) is 73.9 cm³/mol. The van der Waals surface area contributed by atoms with E-state index in [1.54, 1.807) is 17.5 Å². The van der Waals surface area contributed by atoms with Gasteiger partial charge < -0.3 is 9.84 Å². The number of thiophene rings is 1. The summed E-state index contributed by atoms with van der Waals surface area (Å²) in [5, 5.41) is 8.93. The van der Waals surface area contributed by atoms with Crippen LogP contribution in [0.1, 0.15) is 10.6 Å². The Kier molecular flexibility index (Phi) is 3.32. The molecule has 0 saturated carbocycles. The molecule has 3 rings (SSSR count). The number of hydrogen-bond donors (Lipinski definition) is 1. The third-order valence-corrected chi connectivity index (χ3v) is 4.39. The second kappa shape index (κ2) is 5.10. The van der Waals surface area contributed by atoms with E-state index in [4.69, 9.17) is 16.1 Å². The third-order valence-electron chi connectivity index (χ3n) is 2.68. The Bertz CT molecular complexity index is 648. The van der Waals surface area contributed by atoms with Crippen molar-refractivity contribution in [2.24, 2.45) is 0 Å². The maximum atomic E-state index is 6.35. The zero-order valence-electron chi connectivity index (χ0n) is 9.52. The summed E-state index contributed by atoms with van der Waals surface area (Å²) in [6.07, 6.45) is 1.64. The van der Waals surface area contributed by atoms with Gasteiger partial charge in [0.25, 0.3) is 0 Å². The molecule has 0 aliphatic heterocycles. The third kappa shape index (κ3) is 2.27. The lowest BCUT2D eigenvalue weighted by Gasteiger charge is -2.00. The summed E-state index contributed by atoms with van der Waals surface area (Å²) in [6.45, 7) is 1.39. The molecule has 0 saturated heterocycles. The van der Waals surface area contributed by atoms with Crippen molar-refractivity contribution in [1.29, 1.82) is 0 Å². The molecule has 1 N–H and O–H groups in total. The molecule has 0 unspecified atom stereocenters. The van der Waals surface area contributed by atoms with E-state index in [0.29, 0.717) is 6.54 Å². The minimum Gasteiger partial charge on any atom is -0.360 e. The van der Waals surface area contributed by atoms with Crippen molar-refractivity contribution in [2.45, 2.75) is 13.1 Å². The van der Waals surface area contributed by atoms with Gasteiger partial charge in [0.2, 0.25) is 0 Å². The summed E-state index contributed by atoms with van der Waals surface area (Å²) >= 11 is 8.07. The number of rotatable bonds is 4. The van der Waals surface area contributed by atoms with Crippen LogP contribution in [0, 0.1) is 0 Å². The molecule has 1 aromatic carbocycles. The van der Waals surface area contributed by atoms with Gasteiger partial charge in [0.1, 0.15) is 5.76 Å². The van der Waals surface area contributed by atoms with E-state index in [1.807, 2.05) is 24.3 Å². The standard InChI is InChI=1S/C13H11ClN2OS/c14-13-10-3-1-2-4-11(10)18-12(13)8-15-7-9-5-6-16-17-9/h1-6,15H,7-8H2. The van der Waals surface area contributed by atoms with Crippen molar-refractivity contribution in [1.82, 2.24) is 10.5 Å². The van der Waals surface area contributed by atoms with Crippen LogP contribution in [0.15, 0.2) is 41.1 Å². The SMILES string of the molecule is Clc1c(CNCc2ccno2)sc2ccccc12. The van der Waals surface area contributed by atoms with Gasteiger partial charge in [0.05, 0.1) is 17.8 Å². The highest BCUT2D eigenvalue weighted by molar-refractivity contribution is 7.19. The Labute approximate surface area is 113 Å². The first-order valence-electron chi connectivity index (χ1n) is 5.61. The van der Waals surface area contributed by atoms with Gasteiger partial charge >= 0.3 is 0 Å². The minimum absolute atomic E-state index is 0.657. The van der Waals surface area contributed by atoms with Crippen LogP contribution in [0.5, 0.6) is 0 Å². The summed E-state index contributed by atoms with van der Waals surface area (Å²) in [7, 11) is 0. The molecule has 92 valence electrons. The van der Waals surface area contributed by atoms with Crippen molar-refractivity contribution in [3.05, 3.63) is 52.2 Å². The van der Waals surface area contributed by atoms with Gasteiger partial charge in [-0.1, -0.05) is 35.0 Å². The molecule has 0 atom stereocenters. The van der Waals surface area contributed by atoms with Gasteiger partial charge in [-0.25, -0.2) is 0 Å². The van der Waals surface area contributed by atoms with Crippen LogP contribution in [-0.2, 0) is 13.1 Å². The fraction of sp³-hybridized carbons (Fsp3) is 0.154. The molecule has 0 aliphatic carbocycles. The van der Waals surface area contributed by atoms with E-state index >= 15 is 0 Å². The summed E-state index contributed by atoms with van der Waals surface area (Å²) in [5.74, 6) is 0.826. The fourth-order valence-corrected chi connectivity index (χ4v) is 3.28. The van der Waals surface area contributed by atoms with Gasteiger partial charge in [-0.3, -0.25) is 0 Å². The van der Waals surface area contributed by atoms with Crippen LogP contribution >= 0.6 is 22.9 Å². The largest absolute Gasteiger partial charge is 0.360 e. The van der Waals surface area contributed by atoms with E-state index in [0.717, 1.165) is 27.6 Å². The zero-order valence-corrected chi connectivity index (χ0v) is 11.1. The Balaban J connectivity index is 1.73. The van der Waals surface area contributed by atoms with Crippen LogP contribution in [0.2, 0.25) is 5.02 Å². The Morgan fingerprint density at radius 3 is 2.89 bits per heavy atom. The van der Waals surface area contributed by atoms with Crippen LogP contribution in [0.3, 0.4) is 0 Å². The van der Waals surface area contributed by atoms with Gasteiger partial charge in [0.15, 0.2) is 0 Å². The Hall–Kier alpha value is -1.36. The first kappa shape index (κ1) is 11.7. The highest BCUT2D eigenvalue weighted by Gasteiger charge is 2.09. The van der Waals surface area contributed by atoms with E-state index in [-0.39, 0.29) is 0 Å². The van der Waals surface area contributed by atoms with Crippen molar-refractivity contribution in [2.75, 3.05) is 0 Å². The first-order chi connectivity index (χ1) is 8.84. The van der Waals surface area contributed by atoms with Crippen LogP contribution < -0.4 is 5.32 Å². The molecule has 0 amide bonds. The maximum absolute atomic E-state index is 6.35.